The average Bonchev–Trinajstić information content (AvgIpc) is 2.94. The minimum Gasteiger partial charge on any atom is -0.489 e. The van der Waals surface area contributed by atoms with E-state index in [2.05, 4.69) is 5.32 Å². The molecule has 5 rings (SSSR count). The predicted molar refractivity (Wildman–Crippen MR) is 147 cm³/mol. The quantitative estimate of drug-likeness (QED) is 0.276. The molecule has 2 amide bonds. The van der Waals surface area contributed by atoms with E-state index in [4.69, 9.17) is 9.47 Å². The first-order valence-corrected chi connectivity index (χ1v) is 12.7. The van der Waals surface area contributed by atoms with E-state index in [9.17, 15) is 9.59 Å². The van der Waals surface area contributed by atoms with Gasteiger partial charge in [-0.3, -0.25) is 4.90 Å². The number of hydrogen-bond donors (Lipinski definition) is 1. The largest absolute Gasteiger partial charge is 0.489 e. The molecule has 1 heterocycles. The Kier molecular flexibility index (Phi) is 7.40. The van der Waals surface area contributed by atoms with Crippen molar-refractivity contribution < 1.29 is 19.1 Å². The Morgan fingerprint density at radius 2 is 1.53 bits per heavy atom. The predicted octanol–water partition coefficient (Wildman–Crippen LogP) is 6.52. The van der Waals surface area contributed by atoms with Gasteiger partial charge < -0.3 is 14.8 Å². The summed E-state index contributed by atoms with van der Waals surface area (Å²) in [6, 6.07) is 30.4. The molecular formula is C32H30N2O4. The minimum absolute atomic E-state index is 0.224. The molecule has 0 spiro atoms. The lowest BCUT2D eigenvalue weighted by molar-refractivity contribution is -0.139. The monoisotopic (exact) mass is 506 g/mol. The number of nitrogens with zero attached hydrogens (tertiary/aromatic N) is 1. The molecular weight excluding hydrogens is 476 g/mol. The fourth-order valence-electron chi connectivity index (χ4n) is 4.86. The van der Waals surface area contributed by atoms with Crippen molar-refractivity contribution in [1.82, 2.24) is 10.2 Å². The van der Waals surface area contributed by atoms with Gasteiger partial charge in [0.15, 0.2) is 0 Å². The smallest absolute Gasteiger partial charge is 0.338 e. The summed E-state index contributed by atoms with van der Waals surface area (Å²) >= 11 is 0. The van der Waals surface area contributed by atoms with Crippen LogP contribution in [-0.4, -0.2) is 23.5 Å². The van der Waals surface area contributed by atoms with Crippen molar-refractivity contribution >= 4 is 22.8 Å². The topological polar surface area (TPSA) is 67.9 Å². The van der Waals surface area contributed by atoms with Crippen molar-refractivity contribution in [1.29, 1.82) is 0 Å². The van der Waals surface area contributed by atoms with E-state index in [0.29, 0.717) is 30.2 Å². The van der Waals surface area contributed by atoms with E-state index >= 15 is 0 Å². The number of hydrogen-bond acceptors (Lipinski definition) is 4. The van der Waals surface area contributed by atoms with Crippen LogP contribution in [0.2, 0.25) is 0 Å². The molecule has 0 aliphatic carbocycles. The summed E-state index contributed by atoms with van der Waals surface area (Å²) < 4.78 is 11.8. The zero-order valence-corrected chi connectivity index (χ0v) is 21.5. The van der Waals surface area contributed by atoms with Gasteiger partial charge in [0.25, 0.3) is 0 Å². The number of fused-ring (bicyclic) bond motifs is 1. The lowest BCUT2D eigenvalue weighted by Gasteiger charge is -2.36. The number of nitrogens with one attached hydrogen (secondary N) is 1. The van der Waals surface area contributed by atoms with Crippen LogP contribution in [0.3, 0.4) is 0 Å². The molecule has 0 bridgehead atoms. The number of esters is 1. The van der Waals surface area contributed by atoms with E-state index in [1.165, 1.54) is 0 Å². The zero-order chi connectivity index (χ0) is 26.5. The van der Waals surface area contributed by atoms with Crippen LogP contribution >= 0.6 is 0 Å². The number of carbonyl (C=O) groups excluding carboxylic acids is 2. The summed E-state index contributed by atoms with van der Waals surface area (Å²) in [4.78, 5) is 28.5. The van der Waals surface area contributed by atoms with Crippen LogP contribution in [0.5, 0.6) is 5.75 Å². The number of benzene rings is 4. The highest BCUT2D eigenvalue weighted by Gasteiger charge is 2.38. The van der Waals surface area contributed by atoms with Gasteiger partial charge >= 0.3 is 12.0 Å². The van der Waals surface area contributed by atoms with Gasteiger partial charge in [0.2, 0.25) is 0 Å². The standard InChI is InChI=1S/C32H30N2O4/c1-3-37-31(35)28-22(2)34(20-23-12-6-4-7-13-23)32(36)33-30(28)29-26-17-11-10-16-25(26)18-19-27(29)38-21-24-14-8-5-9-15-24/h4-19,30H,3,20-21H2,1-2H3,(H,33,36)/t30-/m0/s1. The van der Waals surface area contributed by atoms with Gasteiger partial charge in [-0.15, -0.1) is 0 Å². The van der Waals surface area contributed by atoms with E-state index in [-0.39, 0.29) is 12.6 Å². The number of urea groups is 1. The van der Waals surface area contributed by atoms with Gasteiger partial charge in [-0.25, -0.2) is 9.59 Å². The molecule has 1 aliphatic heterocycles. The number of carbonyl (C=O) groups is 2. The second kappa shape index (κ2) is 11.2. The second-order valence-corrected chi connectivity index (χ2v) is 9.15. The van der Waals surface area contributed by atoms with Crippen LogP contribution in [0.15, 0.2) is 108 Å². The second-order valence-electron chi connectivity index (χ2n) is 9.15. The Labute approximate surface area is 222 Å². The van der Waals surface area contributed by atoms with Crippen molar-refractivity contribution in [2.45, 2.75) is 33.0 Å². The van der Waals surface area contributed by atoms with Crippen LogP contribution in [-0.2, 0) is 22.7 Å². The molecule has 38 heavy (non-hydrogen) atoms. The van der Waals surface area contributed by atoms with E-state index < -0.39 is 12.0 Å². The van der Waals surface area contributed by atoms with Crippen LogP contribution in [0, 0.1) is 0 Å². The molecule has 4 aromatic rings. The van der Waals surface area contributed by atoms with Crippen molar-refractivity contribution in [3.8, 4) is 5.75 Å². The molecule has 192 valence electrons. The highest BCUT2D eigenvalue weighted by molar-refractivity contribution is 5.98. The summed E-state index contributed by atoms with van der Waals surface area (Å²) in [7, 11) is 0. The third-order valence-corrected chi connectivity index (χ3v) is 6.73. The van der Waals surface area contributed by atoms with E-state index in [1.807, 2.05) is 97.1 Å². The zero-order valence-electron chi connectivity index (χ0n) is 21.5. The maximum absolute atomic E-state index is 13.5. The molecule has 0 fully saturated rings. The summed E-state index contributed by atoms with van der Waals surface area (Å²) in [6.07, 6.45) is 0. The highest BCUT2D eigenvalue weighted by Crippen LogP contribution is 2.40. The molecule has 0 radical (unpaired) electrons. The van der Waals surface area contributed by atoms with Crippen molar-refractivity contribution in [2.75, 3.05) is 6.61 Å². The minimum atomic E-state index is -0.745. The third-order valence-electron chi connectivity index (χ3n) is 6.73. The number of allylic oxidation sites excluding steroid dienone is 1. The van der Waals surface area contributed by atoms with Crippen molar-refractivity contribution in [2.24, 2.45) is 0 Å². The summed E-state index contributed by atoms with van der Waals surface area (Å²) in [6.45, 7) is 4.49. The fourth-order valence-corrected chi connectivity index (χ4v) is 4.86. The molecule has 6 nitrogen and oxygen atoms in total. The molecule has 0 saturated carbocycles. The molecule has 1 atom stereocenters. The summed E-state index contributed by atoms with van der Waals surface area (Å²) in [5.74, 6) is 0.138. The van der Waals surface area contributed by atoms with Gasteiger partial charge in [0, 0.05) is 11.3 Å². The molecule has 4 aromatic carbocycles. The molecule has 1 N–H and O–H groups in total. The first-order valence-electron chi connectivity index (χ1n) is 12.7. The Balaban J connectivity index is 1.62. The highest BCUT2D eigenvalue weighted by atomic mass is 16.5. The van der Waals surface area contributed by atoms with E-state index in [1.54, 1.807) is 18.7 Å². The molecule has 1 aliphatic rings. The van der Waals surface area contributed by atoms with Crippen molar-refractivity contribution in [3.05, 3.63) is 125 Å². The third kappa shape index (κ3) is 5.11. The van der Waals surface area contributed by atoms with Crippen LogP contribution in [0.1, 0.15) is 36.6 Å². The molecule has 0 aromatic heterocycles. The molecule has 6 heteroatoms. The fraction of sp³-hybridized carbons (Fsp3) is 0.188. The van der Waals surface area contributed by atoms with Crippen LogP contribution in [0.25, 0.3) is 10.8 Å². The number of ether oxygens (including phenoxy) is 2. The maximum Gasteiger partial charge on any atom is 0.338 e. The molecule has 0 saturated heterocycles. The van der Waals surface area contributed by atoms with Crippen LogP contribution in [0.4, 0.5) is 4.79 Å². The van der Waals surface area contributed by atoms with Crippen molar-refractivity contribution in [3.63, 3.8) is 0 Å². The SMILES string of the molecule is CCOC(=O)C1=C(C)N(Cc2ccccc2)C(=O)N[C@@H]1c1c(OCc2ccccc2)ccc2ccccc12. The lowest BCUT2D eigenvalue weighted by Crippen LogP contribution is -2.47. The summed E-state index contributed by atoms with van der Waals surface area (Å²) in [5.41, 5.74) is 3.66. The van der Waals surface area contributed by atoms with Gasteiger partial charge in [-0.2, -0.15) is 0 Å². The van der Waals surface area contributed by atoms with Crippen LogP contribution < -0.4 is 10.1 Å². The van der Waals surface area contributed by atoms with Gasteiger partial charge in [-0.1, -0.05) is 91.0 Å². The Bertz CT molecular complexity index is 1480. The Morgan fingerprint density at radius 3 is 2.24 bits per heavy atom. The normalized spacial score (nSPS) is 15.4. The maximum atomic E-state index is 13.5. The number of amides is 2. The summed E-state index contributed by atoms with van der Waals surface area (Å²) in [5, 5.41) is 4.98. The Hall–Kier alpha value is -4.58. The first kappa shape index (κ1) is 25.1. The molecule has 0 unspecified atom stereocenters. The number of rotatable bonds is 8. The van der Waals surface area contributed by atoms with Gasteiger partial charge in [-0.05, 0) is 41.8 Å². The van der Waals surface area contributed by atoms with Gasteiger partial charge in [0.05, 0.1) is 24.8 Å². The Morgan fingerprint density at radius 1 is 0.868 bits per heavy atom. The van der Waals surface area contributed by atoms with Gasteiger partial charge in [0.1, 0.15) is 12.4 Å². The average molecular weight is 507 g/mol. The first-order chi connectivity index (χ1) is 18.6. The lowest BCUT2D eigenvalue weighted by atomic mass is 9.90. The van der Waals surface area contributed by atoms with E-state index in [0.717, 1.165) is 27.5 Å².